The maximum Gasteiger partial charge on any atom is 0.401 e. The highest BCUT2D eigenvalue weighted by Gasteiger charge is 2.32. The molecule has 1 aliphatic rings. The zero-order valence-corrected chi connectivity index (χ0v) is 10.2. The summed E-state index contributed by atoms with van der Waals surface area (Å²) in [6.07, 6.45) is -4.11. The molecular weight excluding hydrogens is 247 g/mol. The molecule has 0 unspecified atom stereocenters. The third-order valence-corrected chi connectivity index (χ3v) is 2.93. The number of hydrogen-bond donors (Lipinski definition) is 0. The summed E-state index contributed by atoms with van der Waals surface area (Å²) in [7, 11) is 0. The highest BCUT2D eigenvalue weighted by atomic mass is 19.4. The SMILES string of the molecule is Cc1cc(CN2CCN(CC(F)(F)F)CC2)no1. The molecular formula is C11H16F3N3O. The van der Waals surface area contributed by atoms with E-state index in [4.69, 9.17) is 4.52 Å². The maximum absolute atomic E-state index is 12.2. The standard InChI is InChI=1S/C11H16F3N3O/c1-9-6-10(15-18-9)7-16-2-4-17(5-3-16)8-11(12,13)14/h6H,2-5,7-8H2,1H3. The Bertz CT molecular complexity index is 383. The van der Waals surface area contributed by atoms with E-state index in [9.17, 15) is 13.2 Å². The minimum atomic E-state index is -4.11. The Morgan fingerprint density at radius 1 is 1.22 bits per heavy atom. The van der Waals surface area contributed by atoms with Crippen LogP contribution in [0.5, 0.6) is 0 Å². The van der Waals surface area contributed by atoms with Crippen LogP contribution in [0.4, 0.5) is 13.2 Å². The second kappa shape index (κ2) is 5.27. The van der Waals surface area contributed by atoms with Gasteiger partial charge in [0.25, 0.3) is 0 Å². The van der Waals surface area contributed by atoms with Gasteiger partial charge in [0.05, 0.1) is 12.2 Å². The second-order valence-corrected chi connectivity index (χ2v) is 4.60. The fourth-order valence-electron chi connectivity index (χ4n) is 2.08. The average molecular weight is 263 g/mol. The molecule has 0 radical (unpaired) electrons. The summed E-state index contributed by atoms with van der Waals surface area (Å²) >= 11 is 0. The van der Waals surface area contributed by atoms with Gasteiger partial charge in [-0.1, -0.05) is 5.16 Å². The van der Waals surface area contributed by atoms with Gasteiger partial charge in [0.1, 0.15) is 5.76 Å². The summed E-state index contributed by atoms with van der Waals surface area (Å²) in [5.74, 6) is 0.751. The number of aryl methyl sites for hydroxylation is 1. The predicted octanol–water partition coefficient (Wildman–Crippen LogP) is 1.66. The molecule has 102 valence electrons. The van der Waals surface area contributed by atoms with Crippen LogP contribution in [0, 0.1) is 6.92 Å². The summed E-state index contributed by atoms with van der Waals surface area (Å²) in [6, 6.07) is 1.85. The fourth-order valence-corrected chi connectivity index (χ4v) is 2.08. The first kappa shape index (κ1) is 13.4. The van der Waals surface area contributed by atoms with Crippen molar-refractivity contribution in [2.45, 2.75) is 19.6 Å². The van der Waals surface area contributed by atoms with Crippen LogP contribution < -0.4 is 0 Å². The minimum absolute atomic E-state index is 0.441. The van der Waals surface area contributed by atoms with E-state index in [1.807, 2.05) is 13.0 Å². The van der Waals surface area contributed by atoms with Gasteiger partial charge in [-0.25, -0.2) is 0 Å². The van der Waals surface area contributed by atoms with Crippen molar-refractivity contribution in [3.8, 4) is 0 Å². The van der Waals surface area contributed by atoms with Crippen LogP contribution in [-0.2, 0) is 6.54 Å². The number of aromatic nitrogens is 1. The Labute approximate surface area is 103 Å². The average Bonchev–Trinajstić information content (AvgIpc) is 2.65. The van der Waals surface area contributed by atoms with E-state index in [0.717, 1.165) is 11.5 Å². The molecule has 0 saturated carbocycles. The first-order chi connectivity index (χ1) is 8.42. The van der Waals surface area contributed by atoms with Crippen molar-refractivity contribution < 1.29 is 17.7 Å². The number of alkyl halides is 3. The lowest BCUT2D eigenvalue weighted by Gasteiger charge is -2.34. The summed E-state index contributed by atoms with van der Waals surface area (Å²) in [4.78, 5) is 3.52. The third kappa shape index (κ3) is 3.99. The number of hydrogen-bond acceptors (Lipinski definition) is 4. The van der Waals surface area contributed by atoms with E-state index < -0.39 is 12.7 Å². The first-order valence-corrected chi connectivity index (χ1v) is 5.86. The lowest BCUT2D eigenvalue weighted by Crippen LogP contribution is -2.48. The van der Waals surface area contributed by atoms with Crippen molar-refractivity contribution in [3.63, 3.8) is 0 Å². The van der Waals surface area contributed by atoms with Gasteiger partial charge in [0.2, 0.25) is 0 Å². The molecule has 0 amide bonds. The van der Waals surface area contributed by atoms with Gasteiger partial charge in [-0.3, -0.25) is 9.80 Å². The van der Waals surface area contributed by atoms with Crippen LogP contribution in [0.2, 0.25) is 0 Å². The van der Waals surface area contributed by atoms with E-state index in [2.05, 4.69) is 10.1 Å². The highest BCUT2D eigenvalue weighted by molar-refractivity contribution is 5.03. The van der Waals surface area contributed by atoms with Crippen LogP contribution in [0.3, 0.4) is 0 Å². The number of rotatable bonds is 3. The van der Waals surface area contributed by atoms with Crippen LogP contribution in [0.15, 0.2) is 10.6 Å². The third-order valence-electron chi connectivity index (χ3n) is 2.93. The first-order valence-electron chi connectivity index (χ1n) is 5.86. The normalized spacial score (nSPS) is 19.3. The van der Waals surface area contributed by atoms with Gasteiger partial charge in [-0.2, -0.15) is 13.2 Å². The molecule has 0 N–H and O–H groups in total. The lowest BCUT2D eigenvalue weighted by molar-refractivity contribution is -0.149. The van der Waals surface area contributed by atoms with Gasteiger partial charge in [0, 0.05) is 38.8 Å². The van der Waals surface area contributed by atoms with Crippen molar-refractivity contribution in [3.05, 3.63) is 17.5 Å². The summed E-state index contributed by atoms with van der Waals surface area (Å²) in [6.45, 7) is 3.77. The Hall–Kier alpha value is -1.08. The molecule has 4 nitrogen and oxygen atoms in total. The molecule has 0 bridgehead atoms. The van der Waals surface area contributed by atoms with Crippen molar-refractivity contribution in [2.75, 3.05) is 32.7 Å². The molecule has 0 aliphatic carbocycles. The van der Waals surface area contributed by atoms with Crippen LogP contribution in [0.25, 0.3) is 0 Å². The molecule has 1 aromatic heterocycles. The van der Waals surface area contributed by atoms with Crippen molar-refractivity contribution >= 4 is 0 Å². The monoisotopic (exact) mass is 263 g/mol. The lowest BCUT2D eigenvalue weighted by atomic mass is 10.3. The summed E-state index contributed by atoms with van der Waals surface area (Å²) in [5, 5.41) is 3.88. The van der Waals surface area contributed by atoms with Crippen LogP contribution in [0.1, 0.15) is 11.5 Å². The Morgan fingerprint density at radius 3 is 2.33 bits per heavy atom. The van der Waals surface area contributed by atoms with Gasteiger partial charge >= 0.3 is 6.18 Å². The molecule has 1 fully saturated rings. The van der Waals surface area contributed by atoms with Crippen LogP contribution in [-0.4, -0.2) is 53.9 Å². The van der Waals surface area contributed by atoms with Crippen molar-refractivity contribution in [1.82, 2.24) is 15.0 Å². The maximum atomic E-state index is 12.2. The predicted molar refractivity (Wildman–Crippen MR) is 59.0 cm³/mol. The molecule has 0 aromatic carbocycles. The molecule has 2 rings (SSSR count). The van der Waals surface area contributed by atoms with E-state index in [0.29, 0.717) is 32.7 Å². The summed E-state index contributed by atoms with van der Waals surface area (Å²) < 4.78 is 41.6. The zero-order valence-electron chi connectivity index (χ0n) is 10.2. The highest BCUT2D eigenvalue weighted by Crippen LogP contribution is 2.18. The number of nitrogens with zero attached hydrogens (tertiary/aromatic N) is 3. The number of halogens is 3. The molecule has 18 heavy (non-hydrogen) atoms. The van der Waals surface area contributed by atoms with E-state index in [1.54, 1.807) is 0 Å². The van der Waals surface area contributed by atoms with Gasteiger partial charge < -0.3 is 4.52 Å². The topological polar surface area (TPSA) is 32.5 Å². The fraction of sp³-hybridized carbons (Fsp3) is 0.727. The molecule has 7 heteroatoms. The van der Waals surface area contributed by atoms with E-state index >= 15 is 0 Å². The molecule has 0 spiro atoms. The van der Waals surface area contributed by atoms with E-state index in [1.165, 1.54) is 4.90 Å². The Kier molecular flexibility index (Phi) is 3.91. The minimum Gasteiger partial charge on any atom is -0.361 e. The Balaban J connectivity index is 1.77. The second-order valence-electron chi connectivity index (χ2n) is 4.60. The summed E-state index contributed by atoms with van der Waals surface area (Å²) in [5.41, 5.74) is 0.830. The molecule has 1 aliphatic heterocycles. The van der Waals surface area contributed by atoms with Gasteiger partial charge in [-0.05, 0) is 6.92 Å². The Morgan fingerprint density at radius 2 is 1.83 bits per heavy atom. The molecule has 2 heterocycles. The van der Waals surface area contributed by atoms with Crippen molar-refractivity contribution in [2.24, 2.45) is 0 Å². The molecule has 1 saturated heterocycles. The van der Waals surface area contributed by atoms with Crippen LogP contribution >= 0.6 is 0 Å². The van der Waals surface area contributed by atoms with Gasteiger partial charge in [-0.15, -0.1) is 0 Å². The molecule has 0 atom stereocenters. The smallest absolute Gasteiger partial charge is 0.361 e. The molecule has 1 aromatic rings. The van der Waals surface area contributed by atoms with Crippen molar-refractivity contribution in [1.29, 1.82) is 0 Å². The number of piperazine rings is 1. The van der Waals surface area contributed by atoms with Gasteiger partial charge in [0.15, 0.2) is 0 Å². The zero-order chi connectivity index (χ0) is 13.2. The van der Waals surface area contributed by atoms with E-state index in [-0.39, 0.29) is 0 Å². The quantitative estimate of drug-likeness (QED) is 0.830. The largest absolute Gasteiger partial charge is 0.401 e.